The average molecular weight is 788 g/mol. The summed E-state index contributed by atoms with van der Waals surface area (Å²) < 4.78 is 39.8. The van der Waals surface area contributed by atoms with Gasteiger partial charge < -0.3 is 43.2 Å². The summed E-state index contributed by atoms with van der Waals surface area (Å²) in [5.41, 5.74) is 2.24. The molecule has 1 N–H and O–H groups in total. The van der Waals surface area contributed by atoms with Gasteiger partial charge in [-0.3, -0.25) is 4.79 Å². The predicted octanol–water partition coefficient (Wildman–Crippen LogP) is 7.56. The summed E-state index contributed by atoms with van der Waals surface area (Å²) in [6.07, 6.45) is 4.34. The zero-order valence-electron chi connectivity index (χ0n) is 32.4. The Hall–Kier alpha value is -5.43. The Balaban J connectivity index is 1.31. The maximum absolute atomic E-state index is 15.0. The van der Waals surface area contributed by atoms with Crippen molar-refractivity contribution in [2.24, 2.45) is 0 Å². The number of carbonyl (C=O) groups is 3. The van der Waals surface area contributed by atoms with Crippen LogP contribution in [0.5, 0.6) is 34.5 Å². The van der Waals surface area contributed by atoms with Crippen molar-refractivity contribution in [2.75, 3.05) is 48.7 Å². The van der Waals surface area contributed by atoms with Gasteiger partial charge in [-0.15, -0.1) is 11.3 Å². The number of carboxylic acid groups (broad SMARTS) is 1. The molecule has 6 rings (SSSR count). The van der Waals surface area contributed by atoms with Crippen molar-refractivity contribution in [1.29, 1.82) is 0 Å². The average Bonchev–Trinajstić information content (AvgIpc) is 3.97. The number of benzene rings is 3. The molecule has 1 amide bonds. The van der Waals surface area contributed by atoms with Crippen LogP contribution in [0.3, 0.4) is 0 Å². The highest BCUT2D eigenvalue weighted by Crippen LogP contribution is 2.47. The number of carbonyl (C=O) groups excluding carboxylic acids is 2. The van der Waals surface area contributed by atoms with Crippen LogP contribution in [0.25, 0.3) is 0 Å². The lowest BCUT2D eigenvalue weighted by molar-refractivity contribution is -0.162. The van der Waals surface area contributed by atoms with Gasteiger partial charge in [0.05, 0.1) is 41.5 Å². The molecule has 1 aromatic heterocycles. The molecular formula is C43H49NO11S. The normalized spacial score (nSPS) is 16.3. The molecule has 1 aliphatic carbocycles. The number of rotatable bonds is 18. The third-order valence-electron chi connectivity index (χ3n) is 10.2. The van der Waals surface area contributed by atoms with E-state index in [0.717, 1.165) is 36.1 Å². The lowest BCUT2D eigenvalue weighted by Gasteiger charge is -2.37. The van der Waals surface area contributed by atoms with Crippen molar-refractivity contribution in [2.45, 2.75) is 68.9 Å². The number of piperidine rings is 1. The number of nitrogens with zero attached hydrogens (tertiary/aromatic N) is 1. The van der Waals surface area contributed by atoms with Crippen LogP contribution in [0.2, 0.25) is 0 Å². The van der Waals surface area contributed by atoms with Crippen molar-refractivity contribution in [1.82, 2.24) is 4.90 Å². The predicted molar refractivity (Wildman–Crippen MR) is 210 cm³/mol. The fourth-order valence-corrected chi connectivity index (χ4v) is 8.51. The number of likely N-dealkylation sites (tertiary alicyclic amines) is 1. The molecule has 298 valence electrons. The number of carboxylic acids is 1. The Morgan fingerprint density at radius 2 is 1.52 bits per heavy atom. The quantitative estimate of drug-likeness (QED) is 0.100. The van der Waals surface area contributed by atoms with Gasteiger partial charge in [-0.25, -0.2) is 9.59 Å². The first-order valence-corrected chi connectivity index (χ1v) is 19.6. The Kier molecular flexibility index (Phi) is 13.3. The molecule has 0 unspecified atom stereocenters. The minimum atomic E-state index is -1.11. The van der Waals surface area contributed by atoms with Gasteiger partial charge in [0, 0.05) is 16.3 Å². The SMILES string of the molecule is COc1ccc(CC[C@@H](OC(=O)[C@@H]2CCCCN2C(=O)[C@H](c2cc(OC)c(OC)c(OC)c2)c2ccc(C3CC3)s2)c2cccc(OCC(=O)O)c2)cc1OC. The monoisotopic (exact) mass is 787 g/mol. The third kappa shape index (κ3) is 9.32. The van der Waals surface area contributed by atoms with Crippen molar-refractivity contribution in [3.8, 4) is 34.5 Å². The number of hydrogen-bond donors (Lipinski definition) is 1. The number of ether oxygens (including phenoxy) is 7. The number of aryl methyl sites for hydroxylation is 1. The van der Waals surface area contributed by atoms with E-state index in [2.05, 4.69) is 6.07 Å². The van der Waals surface area contributed by atoms with Crippen LogP contribution < -0.4 is 28.4 Å². The summed E-state index contributed by atoms with van der Waals surface area (Å²) in [4.78, 5) is 44.5. The molecule has 1 saturated carbocycles. The molecule has 12 nitrogen and oxygen atoms in total. The zero-order valence-corrected chi connectivity index (χ0v) is 33.2. The van der Waals surface area contributed by atoms with Crippen molar-refractivity contribution >= 4 is 29.2 Å². The van der Waals surface area contributed by atoms with Gasteiger partial charge in [0.15, 0.2) is 29.6 Å². The first kappa shape index (κ1) is 40.2. The Morgan fingerprint density at radius 1 is 0.786 bits per heavy atom. The van der Waals surface area contributed by atoms with Gasteiger partial charge in [-0.2, -0.15) is 0 Å². The van der Waals surface area contributed by atoms with Gasteiger partial charge >= 0.3 is 11.9 Å². The molecule has 1 aliphatic heterocycles. The fraction of sp³-hybridized carbons (Fsp3) is 0.419. The van der Waals surface area contributed by atoms with Crippen molar-refractivity contribution in [3.63, 3.8) is 0 Å². The first-order valence-electron chi connectivity index (χ1n) is 18.7. The topological polar surface area (TPSA) is 139 Å². The number of thiophene rings is 1. The van der Waals surface area contributed by atoms with Crippen LogP contribution in [0.1, 0.15) is 82.9 Å². The largest absolute Gasteiger partial charge is 0.493 e. The van der Waals surface area contributed by atoms with E-state index in [4.69, 9.17) is 33.2 Å². The Bertz CT molecular complexity index is 1980. The van der Waals surface area contributed by atoms with Crippen LogP contribution in [-0.4, -0.2) is 82.6 Å². The maximum atomic E-state index is 15.0. The van der Waals surface area contributed by atoms with Crippen molar-refractivity contribution in [3.05, 3.63) is 93.2 Å². The van der Waals surface area contributed by atoms with E-state index in [9.17, 15) is 14.7 Å². The zero-order chi connectivity index (χ0) is 39.8. The molecule has 0 spiro atoms. The summed E-state index contributed by atoms with van der Waals surface area (Å²) in [6.45, 7) is -0.132. The van der Waals surface area contributed by atoms with Crippen LogP contribution in [-0.2, 0) is 25.5 Å². The lowest BCUT2D eigenvalue weighted by Crippen LogP contribution is -2.50. The second kappa shape index (κ2) is 18.5. The smallest absolute Gasteiger partial charge is 0.341 e. The van der Waals surface area contributed by atoms with E-state index in [1.165, 1.54) is 12.0 Å². The van der Waals surface area contributed by atoms with Gasteiger partial charge in [0.2, 0.25) is 11.7 Å². The summed E-state index contributed by atoms with van der Waals surface area (Å²) >= 11 is 1.63. The van der Waals surface area contributed by atoms with Gasteiger partial charge in [-0.05, 0) is 116 Å². The van der Waals surface area contributed by atoms with Crippen LogP contribution >= 0.6 is 11.3 Å². The molecule has 2 aliphatic rings. The second-order valence-electron chi connectivity index (χ2n) is 13.9. The molecule has 2 fully saturated rings. The molecule has 2 heterocycles. The number of amides is 1. The molecule has 13 heteroatoms. The first-order chi connectivity index (χ1) is 27.2. The molecule has 4 aromatic rings. The van der Waals surface area contributed by atoms with E-state index >= 15 is 4.79 Å². The molecule has 1 saturated heterocycles. The minimum absolute atomic E-state index is 0.212. The Labute approximate surface area is 331 Å². The summed E-state index contributed by atoms with van der Waals surface area (Å²) in [5, 5.41) is 9.20. The van der Waals surface area contributed by atoms with Crippen LogP contribution in [0, 0.1) is 0 Å². The van der Waals surface area contributed by atoms with E-state index < -0.39 is 36.6 Å². The second-order valence-corrected chi connectivity index (χ2v) is 15.0. The van der Waals surface area contributed by atoms with Crippen LogP contribution in [0.4, 0.5) is 0 Å². The maximum Gasteiger partial charge on any atom is 0.341 e. The highest BCUT2D eigenvalue weighted by Gasteiger charge is 2.40. The molecular weight excluding hydrogens is 739 g/mol. The highest BCUT2D eigenvalue weighted by atomic mass is 32.1. The summed E-state index contributed by atoms with van der Waals surface area (Å²) in [7, 11) is 7.77. The van der Waals surface area contributed by atoms with Crippen molar-refractivity contribution < 1.29 is 52.6 Å². The van der Waals surface area contributed by atoms with E-state index in [0.29, 0.717) is 77.3 Å². The number of methoxy groups -OCH3 is 5. The third-order valence-corrected chi connectivity index (χ3v) is 11.5. The Morgan fingerprint density at radius 3 is 2.18 bits per heavy atom. The standard InChI is InChI=1S/C43H49NO11S/c1-49-33-17-13-26(21-34(33)50-2)12-16-32(28-9-8-10-30(22-28)54-25-39(45)46)55-43(48)31-11-6-7-20-44(31)42(47)40(38-19-18-37(56-38)27-14-15-27)29-23-35(51-3)41(53-5)36(24-29)52-4/h8-10,13,17-19,21-24,27,31-32,40H,6-7,11-12,14-16,20,25H2,1-5H3,(H,45,46)/t31-,32+,40+/m0/s1. The molecule has 56 heavy (non-hydrogen) atoms. The van der Waals surface area contributed by atoms with E-state index in [1.54, 1.807) is 75.0 Å². The fourth-order valence-electron chi connectivity index (χ4n) is 7.21. The summed E-state index contributed by atoms with van der Waals surface area (Å²) in [6, 6.07) is 19.4. The molecule has 3 aromatic carbocycles. The molecule has 0 bridgehead atoms. The van der Waals surface area contributed by atoms with Gasteiger partial charge in [-0.1, -0.05) is 18.2 Å². The number of hydrogen-bond acceptors (Lipinski definition) is 11. The molecule has 0 radical (unpaired) electrons. The van der Waals surface area contributed by atoms with Gasteiger partial charge in [0.25, 0.3) is 0 Å². The minimum Gasteiger partial charge on any atom is -0.493 e. The molecule has 3 atom stereocenters. The van der Waals surface area contributed by atoms with Crippen LogP contribution in [0.15, 0.2) is 66.7 Å². The van der Waals surface area contributed by atoms with Gasteiger partial charge in [0.1, 0.15) is 17.9 Å². The number of esters is 1. The summed E-state index contributed by atoms with van der Waals surface area (Å²) in [5.74, 6) is 0.732. The highest BCUT2D eigenvalue weighted by molar-refractivity contribution is 7.12. The lowest BCUT2D eigenvalue weighted by atomic mass is 9.92. The van der Waals surface area contributed by atoms with E-state index in [-0.39, 0.29) is 5.91 Å². The van der Waals surface area contributed by atoms with E-state index in [1.807, 2.05) is 30.3 Å². The number of aliphatic carboxylic acids is 1.